The standard InChI is InChI=1S/C29H26ClN5O4S/c1-17-9-19-11-21(12-20(19)13-25(17)34-7-4-8-40(34,37)38)28(36)24-15-33-35(29(24)31)26-16-32-27(10-18(26)2)39-23-6-3-5-22(30)14-23/h3,5-6,9-11,13-16H,4,7-8,12,31H2,1-2H3. The van der Waals surface area contributed by atoms with Gasteiger partial charge in [-0.25, -0.2) is 18.1 Å². The summed E-state index contributed by atoms with van der Waals surface area (Å²) in [4.78, 5) is 17.9. The maximum atomic E-state index is 13.5. The van der Waals surface area contributed by atoms with Crippen LogP contribution in [0.4, 0.5) is 11.5 Å². The van der Waals surface area contributed by atoms with Crippen LogP contribution in [-0.4, -0.2) is 41.3 Å². The number of pyridine rings is 1. The molecule has 4 aromatic rings. The zero-order valence-corrected chi connectivity index (χ0v) is 23.5. The third kappa shape index (κ3) is 4.63. The van der Waals surface area contributed by atoms with Crippen molar-refractivity contribution in [3.8, 4) is 17.3 Å². The number of carbonyl (C=O) groups is 1. The Morgan fingerprint density at radius 2 is 1.88 bits per heavy atom. The SMILES string of the molecule is Cc1cc2c(cc1N1CCCS1(=O)=O)CC(C(=O)c1cnn(-c3cnc(Oc4cccc(Cl)c4)cc3C)c1N)=C2. The fourth-order valence-corrected chi connectivity index (χ4v) is 6.97. The van der Waals surface area contributed by atoms with E-state index in [0.717, 1.165) is 22.3 Å². The predicted octanol–water partition coefficient (Wildman–Crippen LogP) is 5.27. The van der Waals surface area contributed by atoms with Gasteiger partial charge >= 0.3 is 0 Å². The van der Waals surface area contributed by atoms with E-state index in [1.54, 1.807) is 36.5 Å². The molecule has 2 aromatic carbocycles. The van der Waals surface area contributed by atoms with Crippen LogP contribution in [-0.2, 0) is 16.4 Å². The van der Waals surface area contributed by atoms with E-state index in [1.165, 1.54) is 15.2 Å². The third-order valence-corrected chi connectivity index (χ3v) is 9.27. The lowest BCUT2D eigenvalue weighted by Crippen LogP contribution is -2.26. The third-order valence-electron chi connectivity index (χ3n) is 7.18. The van der Waals surface area contributed by atoms with Gasteiger partial charge in [-0.15, -0.1) is 0 Å². The molecule has 2 aromatic heterocycles. The molecule has 204 valence electrons. The number of carbonyl (C=O) groups excluding carboxylic acids is 1. The first kappa shape index (κ1) is 26.1. The minimum Gasteiger partial charge on any atom is -0.439 e. The highest BCUT2D eigenvalue weighted by Gasteiger charge is 2.31. The van der Waals surface area contributed by atoms with Gasteiger partial charge in [-0.1, -0.05) is 17.7 Å². The number of hydrogen-bond donors (Lipinski definition) is 1. The van der Waals surface area contributed by atoms with Crippen molar-refractivity contribution >= 4 is 45.0 Å². The molecule has 2 N–H and O–H groups in total. The highest BCUT2D eigenvalue weighted by molar-refractivity contribution is 7.93. The Kier molecular flexibility index (Phi) is 6.39. The van der Waals surface area contributed by atoms with E-state index >= 15 is 0 Å². The lowest BCUT2D eigenvalue weighted by atomic mass is 10.0. The minimum absolute atomic E-state index is 0.154. The average molecular weight is 576 g/mol. The van der Waals surface area contributed by atoms with Crippen LogP contribution < -0.4 is 14.8 Å². The number of Topliss-reactive ketones (excluding diaryl/α,β-unsaturated/α-hetero) is 1. The van der Waals surface area contributed by atoms with Gasteiger partial charge in [-0.05, 0) is 78.9 Å². The van der Waals surface area contributed by atoms with E-state index in [2.05, 4.69) is 10.1 Å². The summed E-state index contributed by atoms with van der Waals surface area (Å²) in [6, 6.07) is 12.6. The van der Waals surface area contributed by atoms with Crippen LogP contribution >= 0.6 is 11.6 Å². The van der Waals surface area contributed by atoms with E-state index < -0.39 is 10.0 Å². The minimum atomic E-state index is -3.30. The van der Waals surface area contributed by atoms with Crippen LogP contribution in [0.3, 0.4) is 0 Å². The van der Waals surface area contributed by atoms with E-state index in [-0.39, 0.29) is 22.9 Å². The molecule has 9 nitrogen and oxygen atoms in total. The second-order valence-corrected chi connectivity index (χ2v) is 12.4. The van der Waals surface area contributed by atoms with Crippen molar-refractivity contribution in [2.24, 2.45) is 0 Å². The van der Waals surface area contributed by atoms with Gasteiger partial charge in [0.25, 0.3) is 0 Å². The van der Waals surface area contributed by atoms with Gasteiger partial charge in [0.2, 0.25) is 15.9 Å². The first-order chi connectivity index (χ1) is 19.1. The number of nitrogen functional groups attached to an aromatic ring is 1. The molecule has 0 atom stereocenters. The molecule has 2 aliphatic rings. The second kappa shape index (κ2) is 9.79. The van der Waals surface area contributed by atoms with Gasteiger partial charge < -0.3 is 10.5 Å². The van der Waals surface area contributed by atoms with E-state index in [4.69, 9.17) is 22.1 Å². The molecule has 1 aliphatic carbocycles. The average Bonchev–Trinajstić information content (AvgIpc) is 3.59. The molecule has 40 heavy (non-hydrogen) atoms. The van der Waals surface area contributed by atoms with Crippen LogP contribution in [0.2, 0.25) is 5.02 Å². The summed E-state index contributed by atoms with van der Waals surface area (Å²) in [6.45, 7) is 4.24. The molecule has 0 saturated carbocycles. The van der Waals surface area contributed by atoms with Crippen LogP contribution in [0, 0.1) is 13.8 Å². The Morgan fingerprint density at radius 3 is 2.60 bits per heavy atom. The number of rotatable bonds is 6. The first-order valence-electron chi connectivity index (χ1n) is 12.7. The molecule has 0 bridgehead atoms. The van der Waals surface area contributed by atoms with Crippen molar-refractivity contribution in [1.82, 2.24) is 14.8 Å². The van der Waals surface area contributed by atoms with E-state index in [0.29, 0.717) is 53.0 Å². The molecule has 0 unspecified atom stereocenters. The van der Waals surface area contributed by atoms with Gasteiger partial charge in [0, 0.05) is 29.6 Å². The fourth-order valence-electron chi connectivity index (χ4n) is 5.17. The van der Waals surface area contributed by atoms with Crippen molar-refractivity contribution in [3.05, 3.63) is 93.3 Å². The number of sulfonamides is 1. The molecule has 11 heteroatoms. The molecular weight excluding hydrogens is 550 g/mol. The smallest absolute Gasteiger partial charge is 0.235 e. The zero-order chi connectivity index (χ0) is 28.2. The lowest BCUT2D eigenvalue weighted by Gasteiger charge is -2.20. The van der Waals surface area contributed by atoms with Gasteiger partial charge in [-0.3, -0.25) is 9.10 Å². The molecule has 6 rings (SSSR count). The number of fused-ring (bicyclic) bond motifs is 1. The first-order valence-corrected chi connectivity index (χ1v) is 14.7. The predicted molar refractivity (Wildman–Crippen MR) is 155 cm³/mol. The van der Waals surface area contributed by atoms with Crippen LogP contribution in [0.1, 0.15) is 39.0 Å². The van der Waals surface area contributed by atoms with Gasteiger partial charge in [0.1, 0.15) is 11.6 Å². The number of ketones is 1. The fraction of sp³-hybridized carbons (Fsp3) is 0.207. The maximum Gasteiger partial charge on any atom is 0.235 e. The summed E-state index contributed by atoms with van der Waals surface area (Å²) < 4.78 is 33.7. The van der Waals surface area contributed by atoms with Gasteiger partial charge in [-0.2, -0.15) is 5.10 Å². The quantitative estimate of drug-likeness (QED) is 0.311. The number of aromatic nitrogens is 3. The molecule has 0 amide bonds. The van der Waals surface area contributed by atoms with Crippen molar-refractivity contribution in [3.63, 3.8) is 0 Å². The topological polar surface area (TPSA) is 120 Å². The van der Waals surface area contributed by atoms with E-state index in [9.17, 15) is 13.2 Å². The second-order valence-electron chi connectivity index (χ2n) is 9.98. The molecule has 1 fully saturated rings. The molecule has 0 spiro atoms. The number of anilines is 2. The Morgan fingerprint density at radius 1 is 1.07 bits per heavy atom. The molecule has 3 heterocycles. The molecule has 1 aliphatic heterocycles. The van der Waals surface area contributed by atoms with Crippen molar-refractivity contribution in [1.29, 1.82) is 0 Å². The molecule has 0 radical (unpaired) electrons. The van der Waals surface area contributed by atoms with Gasteiger partial charge in [0.15, 0.2) is 5.78 Å². The number of aryl methyl sites for hydroxylation is 2. The largest absolute Gasteiger partial charge is 0.439 e. The van der Waals surface area contributed by atoms with Crippen molar-refractivity contribution < 1.29 is 17.9 Å². The van der Waals surface area contributed by atoms with Gasteiger partial charge in [0.05, 0.1) is 35.1 Å². The molecule has 1 saturated heterocycles. The highest BCUT2D eigenvalue weighted by Crippen LogP contribution is 2.36. The van der Waals surface area contributed by atoms with Crippen LogP contribution in [0.15, 0.2) is 60.4 Å². The lowest BCUT2D eigenvalue weighted by molar-refractivity contribution is 0.103. The summed E-state index contributed by atoms with van der Waals surface area (Å²) in [5.41, 5.74) is 12.0. The number of ether oxygens (including phenoxy) is 1. The number of nitrogens with two attached hydrogens (primary N) is 1. The Bertz CT molecular complexity index is 1830. The molecular formula is C29H26ClN5O4S. The summed E-state index contributed by atoms with van der Waals surface area (Å²) >= 11 is 6.04. The van der Waals surface area contributed by atoms with Crippen LogP contribution in [0.5, 0.6) is 11.6 Å². The Hall–Kier alpha value is -4.15. The summed E-state index contributed by atoms with van der Waals surface area (Å²) in [7, 11) is -3.30. The summed E-state index contributed by atoms with van der Waals surface area (Å²) in [5.74, 6) is 1.08. The highest BCUT2D eigenvalue weighted by atomic mass is 35.5. The maximum absolute atomic E-state index is 13.5. The number of allylic oxidation sites excluding steroid dienone is 1. The zero-order valence-electron chi connectivity index (χ0n) is 21.9. The van der Waals surface area contributed by atoms with Crippen molar-refractivity contribution in [2.75, 3.05) is 22.3 Å². The Balaban J connectivity index is 1.23. The summed E-state index contributed by atoms with van der Waals surface area (Å²) in [6.07, 6.45) is 5.89. The normalized spacial score (nSPS) is 15.7. The Labute approximate surface area is 236 Å². The van der Waals surface area contributed by atoms with Crippen molar-refractivity contribution in [2.45, 2.75) is 26.7 Å². The monoisotopic (exact) mass is 575 g/mol. The number of benzene rings is 2. The number of hydrogen-bond acceptors (Lipinski definition) is 7. The number of nitrogens with zero attached hydrogens (tertiary/aromatic N) is 4. The van der Waals surface area contributed by atoms with Crippen LogP contribution in [0.25, 0.3) is 11.8 Å². The van der Waals surface area contributed by atoms with E-state index in [1.807, 2.05) is 32.1 Å². The number of halogens is 1. The summed E-state index contributed by atoms with van der Waals surface area (Å²) in [5, 5.41) is 4.94.